The largest absolute Gasteiger partial charge is 0.507 e. The molecule has 0 fully saturated rings. The standard InChI is InChI=1S/C14H21NO3.CH4N2O/c1-5-12(14(16)10(3)15)18-11-7-6-9(2)13(8-11)17-4;2-1-3-4/h6-8,12,16H,5,15H2,1-4H3;1,4H,(H2,2,3)/b14-10-;. The summed E-state index contributed by atoms with van der Waals surface area (Å²) >= 11 is 0. The highest BCUT2D eigenvalue weighted by molar-refractivity contribution is 5.49. The smallest absolute Gasteiger partial charge is 0.157 e. The number of methoxy groups -OCH3 is 1. The summed E-state index contributed by atoms with van der Waals surface area (Å²) in [5.41, 5.74) is 11.5. The lowest BCUT2D eigenvalue weighted by Gasteiger charge is -2.18. The molecule has 1 aromatic carbocycles. The van der Waals surface area contributed by atoms with Crippen LogP contribution in [0.3, 0.4) is 0 Å². The number of aliphatic hydroxyl groups is 1. The first-order valence-corrected chi connectivity index (χ1v) is 6.75. The fourth-order valence-corrected chi connectivity index (χ4v) is 1.62. The minimum atomic E-state index is -0.428. The minimum Gasteiger partial charge on any atom is -0.507 e. The maximum Gasteiger partial charge on any atom is 0.157 e. The third-order valence-corrected chi connectivity index (χ3v) is 2.80. The summed E-state index contributed by atoms with van der Waals surface area (Å²) in [6, 6.07) is 5.56. The molecule has 7 nitrogen and oxygen atoms in total. The van der Waals surface area contributed by atoms with Crippen LogP contribution < -0.4 is 20.9 Å². The predicted octanol–water partition coefficient (Wildman–Crippen LogP) is 2.27. The zero-order chi connectivity index (χ0) is 17.1. The highest BCUT2D eigenvalue weighted by Gasteiger charge is 2.15. The quantitative estimate of drug-likeness (QED) is 0.217. The minimum absolute atomic E-state index is 0.0806. The van der Waals surface area contributed by atoms with Gasteiger partial charge in [-0.3, -0.25) is 0 Å². The van der Waals surface area contributed by atoms with E-state index in [9.17, 15) is 5.11 Å². The summed E-state index contributed by atoms with van der Waals surface area (Å²) in [5, 5.41) is 19.5. The number of nitrogens with zero attached hydrogens (tertiary/aromatic N) is 1. The molecule has 0 amide bonds. The molecule has 0 aliphatic rings. The number of rotatable bonds is 5. The molecule has 0 spiro atoms. The molecule has 1 rings (SSSR count). The predicted molar refractivity (Wildman–Crippen MR) is 86.4 cm³/mol. The van der Waals surface area contributed by atoms with Gasteiger partial charge in [0.1, 0.15) is 17.8 Å². The zero-order valence-corrected chi connectivity index (χ0v) is 13.4. The first-order valence-electron chi connectivity index (χ1n) is 6.75. The van der Waals surface area contributed by atoms with Crippen molar-refractivity contribution in [2.45, 2.75) is 33.3 Å². The van der Waals surface area contributed by atoms with E-state index in [4.69, 9.17) is 20.4 Å². The highest BCUT2D eigenvalue weighted by Crippen LogP contribution is 2.26. The molecule has 1 unspecified atom stereocenters. The number of nitrogens with two attached hydrogens (primary N) is 2. The average Bonchev–Trinajstić information content (AvgIpc) is 2.53. The third-order valence-electron chi connectivity index (χ3n) is 2.80. The number of benzene rings is 1. The molecule has 0 saturated carbocycles. The first kappa shape index (κ1) is 19.4. The van der Waals surface area contributed by atoms with Crippen LogP contribution in [-0.4, -0.2) is 29.9 Å². The van der Waals surface area contributed by atoms with Crippen LogP contribution in [0.5, 0.6) is 11.5 Å². The second-order valence-corrected chi connectivity index (χ2v) is 4.48. The second kappa shape index (κ2) is 10.2. The molecular weight excluding hydrogens is 286 g/mol. The lowest BCUT2D eigenvalue weighted by molar-refractivity contribution is 0.168. The number of hydrogen-bond acceptors (Lipinski definition) is 6. The van der Waals surface area contributed by atoms with Crippen molar-refractivity contribution < 1.29 is 19.8 Å². The van der Waals surface area contributed by atoms with Gasteiger partial charge in [0, 0.05) is 11.8 Å². The summed E-state index contributed by atoms with van der Waals surface area (Å²) in [7, 11) is 1.62. The van der Waals surface area contributed by atoms with Crippen LogP contribution in [0.1, 0.15) is 25.8 Å². The van der Waals surface area contributed by atoms with Crippen molar-refractivity contribution >= 4 is 6.34 Å². The van der Waals surface area contributed by atoms with Gasteiger partial charge in [0.2, 0.25) is 0 Å². The van der Waals surface area contributed by atoms with Crippen molar-refractivity contribution in [3.63, 3.8) is 0 Å². The van der Waals surface area contributed by atoms with E-state index in [-0.39, 0.29) is 5.76 Å². The Hall–Kier alpha value is -2.57. The van der Waals surface area contributed by atoms with E-state index in [2.05, 4.69) is 10.9 Å². The van der Waals surface area contributed by atoms with Gasteiger partial charge in [-0.25, -0.2) is 0 Å². The number of ether oxygens (including phenoxy) is 2. The average molecular weight is 311 g/mol. The Labute approximate surface area is 130 Å². The molecule has 1 atom stereocenters. The van der Waals surface area contributed by atoms with E-state index in [1.165, 1.54) is 0 Å². The van der Waals surface area contributed by atoms with Crippen molar-refractivity contribution in [3.8, 4) is 11.5 Å². The molecule has 0 bridgehead atoms. The van der Waals surface area contributed by atoms with E-state index in [1.54, 1.807) is 20.1 Å². The van der Waals surface area contributed by atoms with E-state index < -0.39 is 6.10 Å². The number of oxime groups is 1. The Kier molecular flexibility index (Phi) is 9.01. The van der Waals surface area contributed by atoms with Crippen LogP contribution >= 0.6 is 0 Å². The van der Waals surface area contributed by atoms with Crippen LogP contribution in [-0.2, 0) is 0 Å². The van der Waals surface area contributed by atoms with Gasteiger partial charge in [0.05, 0.1) is 7.11 Å². The van der Waals surface area contributed by atoms with Crippen LogP contribution in [0, 0.1) is 6.92 Å². The Morgan fingerprint density at radius 3 is 2.45 bits per heavy atom. The van der Waals surface area contributed by atoms with Crippen LogP contribution in [0.15, 0.2) is 34.8 Å². The van der Waals surface area contributed by atoms with Gasteiger partial charge in [-0.1, -0.05) is 18.1 Å². The van der Waals surface area contributed by atoms with Gasteiger partial charge in [-0.15, -0.1) is 0 Å². The van der Waals surface area contributed by atoms with Crippen molar-refractivity contribution in [1.82, 2.24) is 0 Å². The van der Waals surface area contributed by atoms with Crippen LogP contribution in [0.4, 0.5) is 0 Å². The van der Waals surface area contributed by atoms with Gasteiger partial charge in [-0.05, 0) is 31.9 Å². The van der Waals surface area contributed by atoms with E-state index in [1.807, 2.05) is 26.0 Å². The first-order chi connectivity index (χ1) is 10.4. The highest BCUT2D eigenvalue weighted by atomic mass is 16.5. The zero-order valence-electron chi connectivity index (χ0n) is 13.4. The molecule has 0 aliphatic carbocycles. The van der Waals surface area contributed by atoms with Gasteiger partial charge >= 0.3 is 0 Å². The summed E-state index contributed by atoms with van der Waals surface area (Å²) in [5.74, 6) is 1.49. The summed E-state index contributed by atoms with van der Waals surface area (Å²) in [6.45, 7) is 5.54. The number of hydrogen-bond donors (Lipinski definition) is 4. The molecule has 6 N–H and O–H groups in total. The lowest BCUT2D eigenvalue weighted by Crippen LogP contribution is -2.21. The molecular formula is C15H25N3O4. The molecule has 0 heterocycles. The molecule has 0 saturated heterocycles. The molecule has 124 valence electrons. The van der Waals surface area contributed by atoms with Crippen molar-refractivity contribution in [1.29, 1.82) is 0 Å². The van der Waals surface area contributed by atoms with Crippen LogP contribution in [0.25, 0.3) is 0 Å². The molecule has 0 aliphatic heterocycles. The molecule has 0 radical (unpaired) electrons. The topological polar surface area (TPSA) is 123 Å². The van der Waals surface area contributed by atoms with Gasteiger partial charge < -0.3 is 31.3 Å². The van der Waals surface area contributed by atoms with Crippen molar-refractivity contribution in [3.05, 3.63) is 35.2 Å². The summed E-state index contributed by atoms with van der Waals surface area (Å²) in [4.78, 5) is 0. The van der Waals surface area contributed by atoms with Crippen molar-refractivity contribution in [2.75, 3.05) is 7.11 Å². The van der Waals surface area contributed by atoms with E-state index in [0.29, 0.717) is 17.9 Å². The SMILES string of the molecule is CCC(Oc1ccc(C)c(OC)c1)/C(O)=C(\C)N.N/C=N\O. The fraction of sp³-hybridized carbons (Fsp3) is 0.400. The normalized spacial score (nSPS) is 12.9. The third kappa shape index (κ3) is 6.25. The maximum atomic E-state index is 9.83. The Morgan fingerprint density at radius 2 is 2.05 bits per heavy atom. The molecule has 7 heteroatoms. The fourth-order valence-electron chi connectivity index (χ4n) is 1.62. The van der Waals surface area contributed by atoms with Gasteiger partial charge in [-0.2, -0.15) is 0 Å². The molecule has 22 heavy (non-hydrogen) atoms. The van der Waals surface area contributed by atoms with E-state index >= 15 is 0 Å². The Morgan fingerprint density at radius 1 is 1.45 bits per heavy atom. The van der Waals surface area contributed by atoms with E-state index in [0.717, 1.165) is 17.7 Å². The maximum absolute atomic E-state index is 9.83. The Balaban J connectivity index is 0.000000980. The molecule has 1 aromatic rings. The molecule has 0 aromatic heterocycles. The van der Waals surface area contributed by atoms with Gasteiger partial charge in [0.15, 0.2) is 11.9 Å². The summed E-state index contributed by atoms with van der Waals surface area (Å²) in [6.07, 6.45) is 1.01. The second-order valence-electron chi connectivity index (χ2n) is 4.48. The van der Waals surface area contributed by atoms with Gasteiger partial charge in [0.25, 0.3) is 0 Å². The number of aryl methyl sites for hydroxylation is 1. The lowest BCUT2D eigenvalue weighted by atomic mass is 10.2. The summed E-state index contributed by atoms with van der Waals surface area (Å²) < 4.78 is 10.9. The monoisotopic (exact) mass is 311 g/mol. The number of allylic oxidation sites excluding steroid dienone is 1. The Bertz CT molecular complexity index is 508. The van der Waals surface area contributed by atoms with Crippen molar-refractivity contribution in [2.24, 2.45) is 16.6 Å². The van der Waals surface area contributed by atoms with Crippen LogP contribution in [0.2, 0.25) is 0 Å². The number of aliphatic hydroxyl groups excluding tert-OH is 1.